The highest BCUT2D eigenvalue weighted by Gasteiger charge is 2.35. The van der Waals surface area contributed by atoms with Crippen molar-refractivity contribution in [3.63, 3.8) is 0 Å². The third kappa shape index (κ3) is 4.06. The maximum atomic E-state index is 13.5. The standard InChI is InChI=1S/C24H26N4O2S/c1-13-20-14(2)25-15(3)26-23(20)31-21(13)24(30)28(19-10-11-19)12-16-4-6-17(7-5-16)22(29)27-18-8-9-18/h4-7,18-19H,8-12H2,1-3H3,(H,27,29). The molecule has 0 bridgehead atoms. The van der Waals surface area contributed by atoms with Crippen molar-refractivity contribution in [2.24, 2.45) is 0 Å². The van der Waals surface area contributed by atoms with E-state index < -0.39 is 0 Å². The predicted molar refractivity (Wildman–Crippen MR) is 121 cm³/mol. The zero-order valence-electron chi connectivity index (χ0n) is 18.1. The molecule has 2 aliphatic carbocycles. The molecule has 2 aliphatic rings. The molecule has 2 heterocycles. The number of carbonyl (C=O) groups is 2. The van der Waals surface area contributed by atoms with Crippen LogP contribution in [0.2, 0.25) is 0 Å². The lowest BCUT2D eigenvalue weighted by molar-refractivity contribution is 0.0734. The monoisotopic (exact) mass is 434 g/mol. The van der Waals surface area contributed by atoms with Crippen LogP contribution in [-0.2, 0) is 6.54 Å². The van der Waals surface area contributed by atoms with Gasteiger partial charge in [-0.05, 0) is 69.7 Å². The molecule has 31 heavy (non-hydrogen) atoms. The van der Waals surface area contributed by atoms with E-state index in [0.29, 0.717) is 18.2 Å². The largest absolute Gasteiger partial charge is 0.349 e. The Labute approximate surface area is 185 Å². The number of aromatic nitrogens is 2. The summed E-state index contributed by atoms with van der Waals surface area (Å²) in [6, 6.07) is 8.26. The molecule has 160 valence electrons. The van der Waals surface area contributed by atoms with E-state index in [9.17, 15) is 9.59 Å². The molecule has 2 aromatic heterocycles. The van der Waals surface area contributed by atoms with E-state index in [4.69, 9.17) is 0 Å². The minimum atomic E-state index is -0.0168. The first-order valence-electron chi connectivity index (χ1n) is 10.9. The molecule has 5 rings (SSSR count). The fourth-order valence-electron chi connectivity index (χ4n) is 4.02. The third-order valence-corrected chi connectivity index (χ3v) is 7.18. The molecular formula is C24H26N4O2S. The summed E-state index contributed by atoms with van der Waals surface area (Å²) in [5.41, 5.74) is 3.60. The molecule has 0 spiro atoms. The quantitative estimate of drug-likeness (QED) is 0.627. The van der Waals surface area contributed by atoms with Crippen LogP contribution < -0.4 is 5.32 Å². The second-order valence-electron chi connectivity index (χ2n) is 8.70. The lowest BCUT2D eigenvalue weighted by Gasteiger charge is -2.22. The average molecular weight is 435 g/mol. The molecule has 2 amide bonds. The number of fused-ring (bicyclic) bond motifs is 1. The van der Waals surface area contributed by atoms with Crippen molar-refractivity contribution in [1.29, 1.82) is 0 Å². The van der Waals surface area contributed by atoms with Crippen LogP contribution in [0.25, 0.3) is 10.2 Å². The van der Waals surface area contributed by atoms with E-state index in [1.165, 1.54) is 11.3 Å². The molecule has 0 unspecified atom stereocenters. The van der Waals surface area contributed by atoms with Crippen molar-refractivity contribution < 1.29 is 9.59 Å². The number of thiophene rings is 1. The summed E-state index contributed by atoms with van der Waals surface area (Å²) in [6.45, 7) is 6.40. The van der Waals surface area contributed by atoms with Crippen LogP contribution in [-0.4, -0.2) is 38.8 Å². The Morgan fingerprint density at radius 2 is 1.77 bits per heavy atom. The van der Waals surface area contributed by atoms with Gasteiger partial charge < -0.3 is 10.2 Å². The number of hydrogen-bond acceptors (Lipinski definition) is 5. The van der Waals surface area contributed by atoms with Gasteiger partial charge in [0.1, 0.15) is 10.7 Å². The topological polar surface area (TPSA) is 75.2 Å². The highest BCUT2D eigenvalue weighted by Crippen LogP contribution is 2.36. The first-order chi connectivity index (χ1) is 14.9. The summed E-state index contributed by atoms with van der Waals surface area (Å²) in [4.78, 5) is 38.4. The smallest absolute Gasteiger partial charge is 0.264 e. The molecule has 3 aromatic rings. The van der Waals surface area contributed by atoms with Gasteiger partial charge in [-0.25, -0.2) is 9.97 Å². The highest BCUT2D eigenvalue weighted by atomic mass is 32.1. The fourth-order valence-corrected chi connectivity index (χ4v) is 5.25. The molecule has 0 radical (unpaired) electrons. The fraction of sp³-hybridized carbons (Fsp3) is 0.417. The predicted octanol–water partition coefficient (Wildman–Crippen LogP) is 4.31. The van der Waals surface area contributed by atoms with Gasteiger partial charge in [-0.3, -0.25) is 9.59 Å². The molecular weight excluding hydrogens is 408 g/mol. The molecule has 1 aromatic carbocycles. The van der Waals surface area contributed by atoms with Gasteiger partial charge in [-0.15, -0.1) is 11.3 Å². The Morgan fingerprint density at radius 3 is 2.42 bits per heavy atom. The molecule has 2 fully saturated rings. The molecule has 0 saturated heterocycles. The first-order valence-corrected chi connectivity index (χ1v) is 11.7. The molecule has 7 heteroatoms. The van der Waals surface area contributed by atoms with Gasteiger partial charge in [-0.2, -0.15) is 0 Å². The molecule has 1 N–H and O–H groups in total. The number of aryl methyl sites for hydroxylation is 3. The van der Waals surface area contributed by atoms with Crippen LogP contribution in [0.5, 0.6) is 0 Å². The van der Waals surface area contributed by atoms with E-state index in [1.54, 1.807) is 0 Å². The minimum absolute atomic E-state index is 0.0168. The van der Waals surface area contributed by atoms with Gasteiger partial charge in [0.05, 0.1) is 4.88 Å². The number of hydrogen-bond donors (Lipinski definition) is 1. The van der Waals surface area contributed by atoms with Crippen LogP contribution >= 0.6 is 11.3 Å². The highest BCUT2D eigenvalue weighted by molar-refractivity contribution is 7.20. The van der Waals surface area contributed by atoms with Crippen LogP contribution in [0.4, 0.5) is 0 Å². The van der Waals surface area contributed by atoms with Crippen molar-refractivity contribution in [3.8, 4) is 0 Å². The van der Waals surface area contributed by atoms with Crippen LogP contribution in [0, 0.1) is 20.8 Å². The number of benzene rings is 1. The number of rotatable bonds is 6. The summed E-state index contributed by atoms with van der Waals surface area (Å²) in [5, 5.41) is 4.01. The number of nitrogens with zero attached hydrogens (tertiary/aromatic N) is 3. The van der Waals surface area contributed by atoms with Crippen LogP contribution in [0.1, 0.15) is 68.4 Å². The normalized spacial score (nSPS) is 15.8. The maximum absolute atomic E-state index is 13.5. The summed E-state index contributed by atoms with van der Waals surface area (Å²) in [5.74, 6) is 0.780. The zero-order chi connectivity index (χ0) is 21.7. The van der Waals surface area contributed by atoms with E-state index >= 15 is 0 Å². The molecule has 0 atom stereocenters. The second kappa shape index (κ2) is 7.71. The minimum Gasteiger partial charge on any atom is -0.349 e. The van der Waals surface area contributed by atoms with Crippen molar-refractivity contribution in [1.82, 2.24) is 20.2 Å². The third-order valence-electron chi connectivity index (χ3n) is 6.01. The molecule has 0 aliphatic heterocycles. The van der Waals surface area contributed by atoms with Gasteiger partial charge >= 0.3 is 0 Å². The van der Waals surface area contributed by atoms with Crippen molar-refractivity contribution in [2.45, 2.75) is 65.1 Å². The van der Waals surface area contributed by atoms with Gasteiger partial charge in [0.25, 0.3) is 11.8 Å². The Morgan fingerprint density at radius 1 is 1.06 bits per heavy atom. The SMILES string of the molecule is Cc1nc(C)c2c(C)c(C(=O)N(Cc3ccc(C(=O)NC4CC4)cc3)C3CC3)sc2n1. The maximum Gasteiger partial charge on any atom is 0.264 e. The number of carbonyl (C=O) groups excluding carboxylic acids is 2. The number of nitrogens with one attached hydrogen (secondary N) is 1. The van der Waals surface area contributed by atoms with E-state index in [-0.39, 0.29) is 17.9 Å². The summed E-state index contributed by atoms with van der Waals surface area (Å²) in [6.07, 6.45) is 4.22. The first kappa shape index (κ1) is 20.1. The Hall–Kier alpha value is -2.80. The summed E-state index contributed by atoms with van der Waals surface area (Å²) < 4.78 is 0. The summed E-state index contributed by atoms with van der Waals surface area (Å²) >= 11 is 1.47. The summed E-state index contributed by atoms with van der Waals surface area (Å²) in [7, 11) is 0. The lowest BCUT2D eigenvalue weighted by atomic mass is 10.1. The van der Waals surface area contributed by atoms with Gasteiger partial charge in [0.15, 0.2) is 0 Å². The zero-order valence-corrected chi connectivity index (χ0v) is 18.9. The second-order valence-corrected chi connectivity index (χ2v) is 9.70. The van der Waals surface area contributed by atoms with Gasteiger partial charge in [0.2, 0.25) is 0 Å². The van der Waals surface area contributed by atoms with Crippen LogP contribution in [0.15, 0.2) is 24.3 Å². The van der Waals surface area contributed by atoms with Crippen LogP contribution in [0.3, 0.4) is 0 Å². The van der Waals surface area contributed by atoms with Gasteiger partial charge in [0, 0.05) is 35.3 Å². The molecule has 2 saturated carbocycles. The Kier molecular flexibility index (Phi) is 5.01. The average Bonchev–Trinajstić information content (AvgIpc) is 3.65. The van der Waals surface area contributed by atoms with E-state index in [2.05, 4.69) is 15.3 Å². The van der Waals surface area contributed by atoms with Crippen molar-refractivity contribution in [3.05, 3.63) is 57.4 Å². The Bertz CT molecular complexity index is 1180. The molecule has 6 nitrogen and oxygen atoms in total. The number of amides is 2. The Balaban J connectivity index is 1.38. The lowest BCUT2D eigenvalue weighted by Crippen LogP contribution is -2.32. The van der Waals surface area contributed by atoms with E-state index in [1.807, 2.05) is 49.9 Å². The van der Waals surface area contributed by atoms with E-state index in [0.717, 1.165) is 63.4 Å². The van der Waals surface area contributed by atoms with Crippen molar-refractivity contribution in [2.75, 3.05) is 0 Å². The van der Waals surface area contributed by atoms with Crippen molar-refractivity contribution >= 4 is 33.4 Å². The van der Waals surface area contributed by atoms with Gasteiger partial charge in [-0.1, -0.05) is 12.1 Å².